The van der Waals surface area contributed by atoms with Crippen LogP contribution < -0.4 is 10.2 Å². The SMILES string of the molecule is Cc1csc(=O)n1CCN1CCC[C@H](C(=O)NCC2CC2)C1. The van der Waals surface area contributed by atoms with Crippen LogP contribution in [0.2, 0.25) is 0 Å². The summed E-state index contributed by atoms with van der Waals surface area (Å²) in [7, 11) is 0. The number of hydrogen-bond donors (Lipinski definition) is 1. The van der Waals surface area contributed by atoms with E-state index in [4.69, 9.17) is 0 Å². The number of nitrogens with one attached hydrogen (secondary N) is 1. The van der Waals surface area contributed by atoms with Gasteiger partial charge in [-0.3, -0.25) is 9.59 Å². The van der Waals surface area contributed by atoms with Gasteiger partial charge in [-0.15, -0.1) is 0 Å². The Morgan fingerprint density at radius 2 is 2.18 bits per heavy atom. The molecule has 0 bridgehead atoms. The Morgan fingerprint density at radius 3 is 2.86 bits per heavy atom. The number of aromatic nitrogens is 1. The fourth-order valence-electron chi connectivity index (χ4n) is 3.10. The number of carbonyl (C=O) groups is 1. The Balaban J connectivity index is 1.47. The van der Waals surface area contributed by atoms with Crippen molar-refractivity contribution in [3.63, 3.8) is 0 Å². The number of carbonyl (C=O) groups excluding carboxylic acids is 1. The molecule has 1 amide bonds. The van der Waals surface area contributed by atoms with Crippen LogP contribution in [0.15, 0.2) is 10.2 Å². The van der Waals surface area contributed by atoms with Gasteiger partial charge in [0.1, 0.15) is 0 Å². The van der Waals surface area contributed by atoms with Gasteiger partial charge in [0.05, 0.1) is 5.92 Å². The first-order valence-electron chi connectivity index (χ1n) is 8.28. The van der Waals surface area contributed by atoms with Crippen molar-refractivity contribution in [2.45, 2.75) is 39.2 Å². The van der Waals surface area contributed by atoms with Gasteiger partial charge in [0, 0.05) is 37.3 Å². The number of aryl methyl sites for hydroxylation is 1. The minimum Gasteiger partial charge on any atom is -0.356 e. The second-order valence-electron chi connectivity index (χ2n) is 6.62. The van der Waals surface area contributed by atoms with Gasteiger partial charge in [0.15, 0.2) is 0 Å². The standard InChI is InChI=1S/C16H25N3O2S/c1-12-11-22-16(21)19(12)8-7-18-6-2-3-14(10-18)15(20)17-9-13-4-5-13/h11,13-14H,2-10H2,1H3,(H,17,20)/t14-/m0/s1. The minimum absolute atomic E-state index is 0.118. The smallest absolute Gasteiger partial charge is 0.307 e. The summed E-state index contributed by atoms with van der Waals surface area (Å²) in [5.74, 6) is 1.07. The molecule has 22 heavy (non-hydrogen) atoms. The molecule has 1 aliphatic carbocycles. The summed E-state index contributed by atoms with van der Waals surface area (Å²) in [5.41, 5.74) is 1.03. The lowest BCUT2D eigenvalue weighted by atomic mass is 9.97. The molecular weight excluding hydrogens is 298 g/mol. The number of piperidine rings is 1. The molecular formula is C16H25N3O2S. The van der Waals surface area contributed by atoms with E-state index in [1.807, 2.05) is 16.9 Å². The van der Waals surface area contributed by atoms with Gasteiger partial charge in [-0.1, -0.05) is 11.3 Å². The number of nitrogens with zero attached hydrogens (tertiary/aromatic N) is 2. The van der Waals surface area contributed by atoms with Crippen LogP contribution in [0.3, 0.4) is 0 Å². The molecule has 0 spiro atoms. The van der Waals surface area contributed by atoms with Crippen molar-refractivity contribution in [1.29, 1.82) is 0 Å². The average Bonchev–Trinajstić information content (AvgIpc) is 3.30. The van der Waals surface area contributed by atoms with Crippen LogP contribution in [0.4, 0.5) is 0 Å². The maximum atomic E-state index is 12.2. The molecule has 2 fully saturated rings. The van der Waals surface area contributed by atoms with E-state index in [2.05, 4.69) is 10.2 Å². The van der Waals surface area contributed by atoms with E-state index in [1.165, 1.54) is 24.2 Å². The lowest BCUT2D eigenvalue weighted by molar-refractivity contribution is -0.126. The van der Waals surface area contributed by atoms with Crippen LogP contribution in [0.1, 0.15) is 31.4 Å². The molecule has 1 aromatic heterocycles. The zero-order chi connectivity index (χ0) is 15.5. The predicted octanol–water partition coefficient (Wildman–Crippen LogP) is 1.46. The molecule has 5 nitrogen and oxygen atoms in total. The van der Waals surface area contributed by atoms with Crippen molar-refractivity contribution in [3.05, 3.63) is 20.7 Å². The molecule has 2 aliphatic rings. The highest BCUT2D eigenvalue weighted by Gasteiger charge is 2.27. The van der Waals surface area contributed by atoms with E-state index in [0.717, 1.165) is 57.2 Å². The summed E-state index contributed by atoms with van der Waals surface area (Å²) in [5, 5.41) is 5.01. The summed E-state index contributed by atoms with van der Waals surface area (Å²) in [4.78, 5) is 26.4. The van der Waals surface area contributed by atoms with Gasteiger partial charge in [0.25, 0.3) is 0 Å². The molecule has 3 rings (SSSR count). The third kappa shape index (κ3) is 3.98. The first kappa shape index (κ1) is 15.7. The van der Waals surface area contributed by atoms with E-state index < -0.39 is 0 Å². The topological polar surface area (TPSA) is 54.3 Å². The molecule has 1 N–H and O–H groups in total. The van der Waals surface area contributed by atoms with Crippen LogP contribution in [0, 0.1) is 18.8 Å². The number of hydrogen-bond acceptors (Lipinski definition) is 4. The lowest BCUT2D eigenvalue weighted by Crippen LogP contribution is -2.44. The van der Waals surface area contributed by atoms with Crippen LogP contribution in [-0.4, -0.2) is 41.6 Å². The Bertz CT molecular complexity index is 576. The fraction of sp³-hybridized carbons (Fsp3) is 0.750. The number of rotatable bonds is 6. The van der Waals surface area contributed by atoms with Crippen molar-refractivity contribution in [2.24, 2.45) is 11.8 Å². The average molecular weight is 323 g/mol. The number of likely N-dealkylation sites (tertiary alicyclic amines) is 1. The molecule has 1 aromatic rings. The number of amides is 1. The largest absolute Gasteiger partial charge is 0.356 e. The van der Waals surface area contributed by atoms with Crippen LogP contribution in [0.5, 0.6) is 0 Å². The van der Waals surface area contributed by atoms with E-state index in [9.17, 15) is 9.59 Å². The molecule has 2 heterocycles. The third-order valence-corrected chi connectivity index (χ3v) is 5.64. The molecule has 1 atom stereocenters. The van der Waals surface area contributed by atoms with Crippen molar-refractivity contribution in [1.82, 2.24) is 14.8 Å². The summed E-state index contributed by atoms with van der Waals surface area (Å²) in [6.45, 7) is 6.27. The monoisotopic (exact) mass is 323 g/mol. The highest BCUT2D eigenvalue weighted by atomic mass is 32.1. The predicted molar refractivity (Wildman–Crippen MR) is 88.2 cm³/mol. The van der Waals surface area contributed by atoms with Gasteiger partial charge in [-0.2, -0.15) is 0 Å². The fourth-order valence-corrected chi connectivity index (χ4v) is 3.86. The zero-order valence-corrected chi connectivity index (χ0v) is 14.0. The van der Waals surface area contributed by atoms with Crippen molar-refractivity contribution in [3.8, 4) is 0 Å². The summed E-state index contributed by atoms with van der Waals surface area (Å²) in [6.07, 6.45) is 4.60. The van der Waals surface area contributed by atoms with Gasteiger partial charge >= 0.3 is 4.87 Å². The molecule has 1 saturated carbocycles. The third-order valence-electron chi connectivity index (χ3n) is 4.75. The highest BCUT2D eigenvalue weighted by molar-refractivity contribution is 7.07. The lowest BCUT2D eigenvalue weighted by Gasteiger charge is -2.32. The normalized spacial score (nSPS) is 22.7. The second kappa shape index (κ2) is 6.96. The molecule has 6 heteroatoms. The molecule has 0 aromatic carbocycles. The van der Waals surface area contributed by atoms with Gasteiger partial charge in [-0.25, -0.2) is 0 Å². The Morgan fingerprint density at radius 1 is 1.36 bits per heavy atom. The van der Waals surface area contributed by atoms with Crippen molar-refractivity contribution in [2.75, 3.05) is 26.2 Å². The molecule has 0 unspecified atom stereocenters. The van der Waals surface area contributed by atoms with E-state index in [1.54, 1.807) is 0 Å². The Labute approximate surface area is 135 Å². The minimum atomic E-state index is 0.118. The maximum absolute atomic E-state index is 12.2. The summed E-state index contributed by atoms with van der Waals surface area (Å²) >= 11 is 1.26. The second-order valence-corrected chi connectivity index (χ2v) is 7.44. The maximum Gasteiger partial charge on any atom is 0.307 e. The van der Waals surface area contributed by atoms with E-state index in [-0.39, 0.29) is 16.7 Å². The molecule has 1 aliphatic heterocycles. The Kier molecular flexibility index (Phi) is 4.98. The van der Waals surface area contributed by atoms with Gasteiger partial charge < -0.3 is 14.8 Å². The molecule has 122 valence electrons. The van der Waals surface area contributed by atoms with Crippen LogP contribution in [-0.2, 0) is 11.3 Å². The first-order chi connectivity index (χ1) is 10.6. The van der Waals surface area contributed by atoms with Crippen molar-refractivity contribution < 1.29 is 4.79 Å². The van der Waals surface area contributed by atoms with Crippen molar-refractivity contribution >= 4 is 17.2 Å². The summed E-state index contributed by atoms with van der Waals surface area (Å²) in [6, 6.07) is 0. The van der Waals surface area contributed by atoms with Gasteiger partial charge in [0.2, 0.25) is 5.91 Å². The van der Waals surface area contributed by atoms with E-state index >= 15 is 0 Å². The van der Waals surface area contributed by atoms with Gasteiger partial charge in [-0.05, 0) is 45.1 Å². The van der Waals surface area contributed by atoms with Crippen LogP contribution in [0.25, 0.3) is 0 Å². The molecule has 0 radical (unpaired) electrons. The quantitative estimate of drug-likeness (QED) is 0.862. The summed E-state index contributed by atoms with van der Waals surface area (Å²) < 4.78 is 1.83. The zero-order valence-electron chi connectivity index (χ0n) is 13.2. The first-order valence-corrected chi connectivity index (χ1v) is 9.16. The molecule has 1 saturated heterocycles. The Hall–Kier alpha value is -1.14. The number of thiazole rings is 1. The van der Waals surface area contributed by atoms with E-state index in [0.29, 0.717) is 0 Å². The highest BCUT2D eigenvalue weighted by Crippen LogP contribution is 2.27. The van der Waals surface area contributed by atoms with Crippen LogP contribution >= 0.6 is 11.3 Å².